The maximum absolute atomic E-state index is 4.40. The second kappa shape index (κ2) is 6.26. The topological polar surface area (TPSA) is 58.5 Å². The van der Waals surface area contributed by atoms with E-state index >= 15 is 0 Å². The van der Waals surface area contributed by atoms with Crippen molar-refractivity contribution in [2.45, 2.75) is 26.4 Å². The Morgan fingerprint density at radius 1 is 1.24 bits per heavy atom. The number of imidazole rings is 2. The molecule has 2 N–H and O–H groups in total. The van der Waals surface area contributed by atoms with Crippen molar-refractivity contribution >= 4 is 5.69 Å². The van der Waals surface area contributed by atoms with Gasteiger partial charge in [-0.15, -0.1) is 0 Å². The van der Waals surface area contributed by atoms with Gasteiger partial charge in [0.15, 0.2) is 0 Å². The molecule has 0 fully saturated rings. The van der Waals surface area contributed by atoms with Crippen LogP contribution in [-0.4, -0.2) is 19.5 Å². The fraction of sp³-hybridized carbons (Fsp3) is 0.250. The minimum Gasteiger partial charge on any atom is -0.378 e. The van der Waals surface area contributed by atoms with Crippen molar-refractivity contribution in [3.8, 4) is 11.3 Å². The van der Waals surface area contributed by atoms with Gasteiger partial charge in [-0.25, -0.2) is 9.97 Å². The van der Waals surface area contributed by atoms with Crippen LogP contribution in [0.25, 0.3) is 11.3 Å². The Bertz CT molecular complexity index is 667. The van der Waals surface area contributed by atoms with Crippen LogP contribution < -0.4 is 5.32 Å². The van der Waals surface area contributed by atoms with Crippen LogP contribution in [0, 0.1) is 0 Å². The number of hydrogen-bond acceptors (Lipinski definition) is 3. The predicted molar refractivity (Wildman–Crippen MR) is 83.9 cm³/mol. The number of aryl methyl sites for hydroxylation is 1. The zero-order chi connectivity index (χ0) is 14.5. The monoisotopic (exact) mass is 281 g/mol. The van der Waals surface area contributed by atoms with Crippen molar-refractivity contribution in [2.24, 2.45) is 0 Å². The fourth-order valence-corrected chi connectivity index (χ4v) is 2.31. The van der Waals surface area contributed by atoms with Gasteiger partial charge in [0.1, 0.15) is 5.82 Å². The van der Waals surface area contributed by atoms with E-state index in [9.17, 15) is 0 Å². The number of hydrogen-bond donors (Lipinski definition) is 2. The first-order valence-corrected chi connectivity index (χ1v) is 7.19. The SMILES string of the molecule is CCCn1ccnc1CNc1ccc(-c2cnc[nH]2)cc1. The van der Waals surface area contributed by atoms with Crippen LogP contribution in [0.15, 0.2) is 49.2 Å². The number of rotatable bonds is 6. The van der Waals surface area contributed by atoms with Gasteiger partial charge >= 0.3 is 0 Å². The summed E-state index contributed by atoms with van der Waals surface area (Å²) in [6, 6.07) is 8.30. The fourth-order valence-electron chi connectivity index (χ4n) is 2.31. The van der Waals surface area contributed by atoms with Gasteiger partial charge in [-0.3, -0.25) is 0 Å². The molecule has 0 bridgehead atoms. The predicted octanol–water partition coefficient (Wildman–Crippen LogP) is 3.30. The molecular formula is C16H19N5. The lowest BCUT2D eigenvalue weighted by molar-refractivity contribution is 0.644. The van der Waals surface area contributed by atoms with Gasteiger partial charge < -0.3 is 14.9 Å². The molecule has 0 amide bonds. The van der Waals surface area contributed by atoms with E-state index in [-0.39, 0.29) is 0 Å². The lowest BCUT2D eigenvalue weighted by Crippen LogP contribution is -2.08. The summed E-state index contributed by atoms with van der Waals surface area (Å²) in [5, 5.41) is 3.41. The quantitative estimate of drug-likeness (QED) is 0.729. The number of benzene rings is 1. The highest BCUT2D eigenvalue weighted by molar-refractivity contribution is 5.61. The molecule has 0 aliphatic heterocycles. The third kappa shape index (κ3) is 3.13. The van der Waals surface area contributed by atoms with Crippen molar-refractivity contribution in [1.82, 2.24) is 19.5 Å². The first-order chi connectivity index (χ1) is 10.4. The van der Waals surface area contributed by atoms with Crippen molar-refractivity contribution in [3.63, 3.8) is 0 Å². The summed E-state index contributed by atoms with van der Waals surface area (Å²) >= 11 is 0. The van der Waals surface area contributed by atoms with Gasteiger partial charge in [0, 0.05) is 24.6 Å². The van der Waals surface area contributed by atoms with Crippen LogP contribution in [0.1, 0.15) is 19.2 Å². The third-order valence-electron chi connectivity index (χ3n) is 3.41. The Morgan fingerprint density at radius 2 is 2.10 bits per heavy atom. The molecule has 0 unspecified atom stereocenters. The van der Waals surface area contributed by atoms with Gasteiger partial charge in [-0.2, -0.15) is 0 Å². The summed E-state index contributed by atoms with van der Waals surface area (Å²) in [7, 11) is 0. The summed E-state index contributed by atoms with van der Waals surface area (Å²) in [6.45, 7) is 3.91. The molecule has 21 heavy (non-hydrogen) atoms. The molecule has 0 aliphatic rings. The molecule has 0 spiro atoms. The van der Waals surface area contributed by atoms with Crippen LogP contribution in [-0.2, 0) is 13.1 Å². The average molecular weight is 281 g/mol. The first-order valence-electron chi connectivity index (χ1n) is 7.19. The minimum atomic E-state index is 0.733. The maximum Gasteiger partial charge on any atom is 0.128 e. The van der Waals surface area contributed by atoms with E-state index < -0.39 is 0 Å². The molecule has 5 nitrogen and oxygen atoms in total. The van der Waals surface area contributed by atoms with Crippen molar-refractivity contribution in [1.29, 1.82) is 0 Å². The smallest absolute Gasteiger partial charge is 0.128 e. The van der Waals surface area contributed by atoms with Crippen LogP contribution in [0.3, 0.4) is 0 Å². The molecule has 0 atom stereocenters. The molecule has 2 aromatic heterocycles. The standard InChI is InChI=1S/C16H19N5/c1-2-8-21-9-7-18-16(21)11-19-14-5-3-13(4-6-14)15-10-17-12-20-15/h3-7,9-10,12,19H,2,8,11H2,1H3,(H,17,20). The van der Waals surface area contributed by atoms with Crippen molar-refractivity contribution < 1.29 is 0 Å². The second-order valence-corrected chi connectivity index (χ2v) is 4.93. The molecule has 108 valence electrons. The van der Waals surface area contributed by atoms with Crippen LogP contribution in [0.4, 0.5) is 5.69 Å². The van der Waals surface area contributed by atoms with Crippen LogP contribution in [0.2, 0.25) is 0 Å². The Kier molecular flexibility index (Phi) is 4.00. The molecule has 0 aliphatic carbocycles. The molecule has 0 radical (unpaired) electrons. The summed E-state index contributed by atoms with van der Waals surface area (Å²) in [5.74, 6) is 1.06. The molecule has 0 saturated heterocycles. The number of aromatic nitrogens is 4. The van der Waals surface area contributed by atoms with Gasteiger partial charge in [-0.05, 0) is 24.1 Å². The summed E-state index contributed by atoms with van der Waals surface area (Å²) in [5.41, 5.74) is 3.25. The third-order valence-corrected chi connectivity index (χ3v) is 3.41. The maximum atomic E-state index is 4.40. The van der Waals surface area contributed by atoms with E-state index in [0.29, 0.717) is 0 Å². The molecule has 3 rings (SSSR count). The Hall–Kier alpha value is -2.56. The van der Waals surface area contributed by atoms with Gasteiger partial charge in [0.05, 0.1) is 24.8 Å². The second-order valence-electron chi connectivity index (χ2n) is 4.93. The zero-order valence-electron chi connectivity index (χ0n) is 12.1. The lowest BCUT2D eigenvalue weighted by Gasteiger charge is -2.09. The van der Waals surface area contributed by atoms with E-state index in [0.717, 1.165) is 42.3 Å². The van der Waals surface area contributed by atoms with E-state index in [2.05, 4.69) is 56.0 Å². The summed E-state index contributed by atoms with van der Waals surface area (Å²) < 4.78 is 2.19. The Labute approximate surface area is 124 Å². The van der Waals surface area contributed by atoms with Crippen LogP contribution >= 0.6 is 0 Å². The molecule has 5 heteroatoms. The Morgan fingerprint density at radius 3 is 2.81 bits per heavy atom. The van der Waals surface area contributed by atoms with Gasteiger partial charge in [0.2, 0.25) is 0 Å². The highest BCUT2D eigenvalue weighted by Gasteiger charge is 2.02. The number of anilines is 1. The van der Waals surface area contributed by atoms with E-state index in [1.165, 1.54) is 0 Å². The van der Waals surface area contributed by atoms with Gasteiger partial charge in [0.25, 0.3) is 0 Å². The number of aromatic amines is 1. The highest BCUT2D eigenvalue weighted by atomic mass is 15.1. The molecule has 3 aromatic rings. The zero-order valence-corrected chi connectivity index (χ0v) is 12.1. The number of H-pyrrole nitrogens is 1. The molecule has 0 saturated carbocycles. The average Bonchev–Trinajstić information content (AvgIpc) is 3.18. The largest absolute Gasteiger partial charge is 0.378 e. The van der Waals surface area contributed by atoms with E-state index in [1.54, 1.807) is 6.33 Å². The summed E-state index contributed by atoms with van der Waals surface area (Å²) in [6.07, 6.45) is 8.51. The summed E-state index contributed by atoms with van der Waals surface area (Å²) in [4.78, 5) is 11.5. The number of nitrogens with zero attached hydrogens (tertiary/aromatic N) is 3. The Balaban J connectivity index is 1.64. The van der Waals surface area contributed by atoms with Crippen molar-refractivity contribution in [3.05, 3.63) is 55.0 Å². The van der Waals surface area contributed by atoms with E-state index in [4.69, 9.17) is 0 Å². The molecular weight excluding hydrogens is 262 g/mol. The lowest BCUT2D eigenvalue weighted by atomic mass is 10.1. The minimum absolute atomic E-state index is 0.733. The molecule has 1 aromatic carbocycles. The number of nitrogens with one attached hydrogen (secondary N) is 2. The highest BCUT2D eigenvalue weighted by Crippen LogP contribution is 2.19. The van der Waals surface area contributed by atoms with Gasteiger partial charge in [-0.1, -0.05) is 19.1 Å². The normalized spacial score (nSPS) is 10.7. The first kappa shape index (κ1) is 13.4. The molecule has 2 heterocycles. The van der Waals surface area contributed by atoms with Crippen molar-refractivity contribution in [2.75, 3.05) is 5.32 Å². The van der Waals surface area contributed by atoms with E-state index in [1.807, 2.05) is 18.6 Å². The van der Waals surface area contributed by atoms with Crippen LogP contribution in [0.5, 0.6) is 0 Å².